The molecule has 0 aromatic heterocycles. The van der Waals surface area contributed by atoms with E-state index in [4.69, 9.17) is 9.47 Å². The second-order valence-corrected chi connectivity index (χ2v) is 11.1. The zero-order valence-electron chi connectivity index (χ0n) is 22.5. The number of piperazine rings is 1. The van der Waals surface area contributed by atoms with Crippen LogP contribution >= 0.6 is 0 Å². The molecule has 36 heavy (non-hydrogen) atoms. The lowest BCUT2D eigenvalue weighted by atomic mass is 10.1. The van der Waals surface area contributed by atoms with Crippen molar-refractivity contribution in [3.05, 3.63) is 28.9 Å². The molecular formula is C26H41FN4O5. The molecule has 1 aromatic rings. The summed E-state index contributed by atoms with van der Waals surface area (Å²) >= 11 is 0. The molecule has 0 spiro atoms. The summed E-state index contributed by atoms with van der Waals surface area (Å²) in [6.45, 7) is 15.0. The fourth-order valence-electron chi connectivity index (χ4n) is 3.84. The third-order valence-electron chi connectivity index (χ3n) is 5.57. The first kappa shape index (κ1) is 29.5. The summed E-state index contributed by atoms with van der Waals surface area (Å²) in [6, 6.07) is 3.78. The number of anilines is 1. The lowest BCUT2D eigenvalue weighted by molar-refractivity contribution is 0.0144. The van der Waals surface area contributed by atoms with E-state index in [0.29, 0.717) is 26.1 Å². The van der Waals surface area contributed by atoms with Gasteiger partial charge in [0, 0.05) is 38.8 Å². The molecule has 2 rings (SSSR count). The smallest absolute Gasteiger partial charge is 0.414 e. The van der Waals surface area contributed by atoms with Crippen LogP contribution in [0.5, 0.6) is 0 Å². The minimum Gasteiger partial charge on any atom is -0.444 e. The van der Waals surface area contributed by atoms with E-state index in [2.05, 4.69) is 10.1 Å². The van der Waals surface area contributed by atoms with Crippen molar-refractivity contribution in [2.75, 3.05) is 44.2 Å². The number of nitrogens with zero attached hydrogens (tertiary/aromatic N) is 4. The molecule has 1 heterocycles. The molecular weight excluding hydrogens is 467 g/mol. The van der Waals surface area contributed by atoms with Gasteiger partial charge < -0.3 is 14.4 Å². The molecule has 1 aromatic carbocycles. The maximum atomic E-state index is 14.6. The van der Waals surface area contributed by atoms with Crippen LogP contribution in [0.4, 0.5) is 25.4 Å². The van der Waals surface area contributed by atoms with Crippen molar-refractivity contribution in [3.63, 3.8) is 0 Å². The number of amides is 2. The van der Waals surface area contributed by atoms with Crippen molar-refractivity contribution in [1.82, 2.24) is 9.80 Å². The van der Waals surface area contributed by atoms with Crippen LogP contribution in [-0.4, -0.2) is 72.5 Å². The fraction of sp³-hybridized carbons (Fsp3) is 0.692. The minimum absolute atomic E-state index is 0.0349. The lowest BCUT2D eigenvalue weighted by Gasteiger charge is -2.35. The molecule has 1 fully saturated rings. The number of carbonyl (C=O) groups is 2. The van der Waals surface area contributed by atoms with Gasteiger partial charge in [-0.25, -0.2) is 14.0 Å². The second-order valence-electron chi connectivity index (χ2n) is 11.1. The Morgan fingerprint density at radius 2 is 1.56 bits per heavy atom. The first-order valence-electron chi connectivity index (χ1n) is 12.6. The van der Waals surface area contributed by atoms with Gasteiger partial charge >= 0.3 is 12.2 Å². The molecule has 0 radical (unpaired) electrons. The van der Waals surface area contributed by atoms with Crippen LogP contribution in [0.25, 0.3) is 0 Å². The summed E-state index contributed by atoms with van der Waals surface area (Å²) in [4.78, 5) is 41.0. The van der Waals surface area contributed by atoms with E-state index >= 15 is 0 Å². The van der Waals surface area contributed by atoms with E-state index in [0.717, 1.165) is 45.0 Å². The van der Waals surface area contributed by atoms with Gasteiger partial charge in [-0.3, -0.25) is 9.80 Å². The Morgan fingerprint density at radius 3 is 2.11 bits per heavy atom. The zero-order chi connectivity index (χ0) is 26.9. The highest BCUT2D eigenvalue weighted by Crippen LogP contribution is 2.26. The topological polar surface area (TPSA) is 91.8 Å². The SMILES string of the molecule is CC(C)(C)OC(=O)N1CCN(CCCCCCN(C(=O)OC(C)(C)C)c2ccc(N=O)cc2F)CC1. The normalized spacial score (nSPS) is 14.9. The van der Waals surface area contributed by atoms with Gasteiger partial charge in [0.2, 0.25) is 0 Å². The van der Waals surface area contributed by atoms with E-state index in [1.165, 1.54) is 17.0 Å². The minimum atomic E-state index is -0.719. The summed E-state index contributed by atoms with van der Waals surface area (Å²) in [6.07, 6.45) is 2.62. The summed E-state index contributed by atoms with van der Waals surface area (Å²) in [5.41, 5.74) is -1.18. The first-order chi connectivity index (χ1) is 16.8. The van der Waals surface area contributed by atoms with Crippen LogP contribution < -0.4 is 4.90 Å². The van der Waals surface area contributed by atoms with Gasteiger partial charge in [0.05, 0.1) is 5.69 Å². The number of carbonyl (C=O) groups excluding carboxylic acids is 2. The van der Waals surface area contributed by atoms with Crippen molar-refractivity contribution in [1.29, 1.82) is 0 Å². The van der Waals surface area contributed by atoms with Gasteiger partial charge in [-0.15, -0.1) is 4.91 Å². The Bertz CT molecular complexity index is 889. The number of unbranched alkanes of at least 4 members (excludes halogenated alkanes) is 3. The Morgan fingerprint density at radius 1 is 0.944 bits per heavy atom. The van der Waals surface area contributed by atoms with Crippen LogP contribution in [0.3, 0.4) is 0 Å². The van der Waals surface area contributed by atoms with Crippen LogP contribution in [0, 0.1) is 10.7 Å². The molecule has 1 aliphatic heterocycles. The maximum absolute atomic E-state index is 14.6. The first-order valence-corrected chi connectivity index (χ1v) is 12.6. The summed E-state index contributed by atoms with van der Waals surface area (Å²) < 4.78 is 25.5. The van der Waals surface area contributed by atoms with E-state index in [1.54, 1.807) is 25.7 Å². The van der Waals surface area contributed by atoms with Crippen molar-refractivity contribution >= 4 is 23.6 Å². The average molecular weight is 509 g/mol. The Kier molecular flexibility index (Phi) is 10.6. The van der Waals surface area contributed by atoms with Crippen molar-refractivity contribution in [2.24, 2.45) is 5.18 Å². The highest BCUT2D eigenvalue weighted by atomic mass is 19.1. The predicted molar refractivity (Wildman–Crippen MR) is 138 cm³/mol. The van der Waals surface area contributed by atoms with Crippen LogP contribution in [0.15, 0.2) is 23.4 Å². The largest absolute Gasteiger partial charge is 0.444 e. The molecule has 0 saturated carbocycles. The molecule has 202 valence electrons. The van der Waals surface area contributed by atoms with Crippen molar-refractivity contribution in [2.45, 2.75) is 78.4 Å². The van der Waals surface area contributed by atoms with Gasteiger partial charge in [0.1, 0.15) is 22.7 Å². The molecule has 0 bridgehead atoms. The Hall–Kier alpha value is -2.75. The predicted octanol–water partition coefficient (Wildman–Crippen LogP) is 6.08. The number of halogens is 1. The van der Waals surface area contributed by atoms with Crippen LogP contribution in [0.1, 0.15) is 67.2 Å². The summed E-state index contributed by atoms with van der Waals surface area (Å²) in [5.74, 6) is -0.691. The van der Waals surface area contributed by atoms with E-state index in [1.807, 2.05) is 20.8 Å². The quantitative estimate of drug-likeness (QED) is 0.297. The average Bonchev–Trinajstić information content (AvgIpc) is 2.77. The van der Waals surface area contributed by atoms with Crippen molar-refractivity contribution in [3.8, 4) is 0 Å². The molecule has 10 heteroatoms. The third kappa shape index (κ3) is 10.1. The molecule has 0 atom stereocenters. The monoisotopic (exact) mass is 508 g/mol. The molecule has 9 nitrogen and oxygen atoms in total. The molecule has 2 amide bonds. The standard InChI is InChI=1S/C26H41FN4O5/c1-25(2,3)35-23(32)30-17-15-29(16-18-30)13-9-7-8-10-14-31(24(33)36-26(4,5)6)22-12-11-20(28-34)19-21(22)27/h11-12,19H,7-10,13-18H2,1-6H3. The van der Waals surface area contributed by atoms with Crippen LogP contribution in [0.2, 0.25) is 0 Å². The summed E-state index contributed by atoms with van der Waals surface area (Å²) in [7, 11) is 0. The second kappa shape index (κ2) is 13.0. The van der Waals surface area contributed by atoms with E-state index in [-0.39, 0.29) is 17.5 Å². The number of hydrogen-bond acceptors (Lipinski definition) is 7. The van der Waals surface area contributed by atoms with Gasteiger partial charge in [0.15, 0.2) is 0 Å². The third-order valence-corrected chi connectivity index (χ3v) is 5.57. The Labute approximate surface area is 213 Å². The number of hydrogen-bond donors (Lipinski definition) is 0. The number of rotatable bonds is 9. The Balaban J connectivity index is 1.78. The van der Waals surface area contributed by atoms with E-state index in [9.17, 15) is 18.9 Å². The number of nitroso groups, excluding NO2 is 1. The number of ether oxygens (including phenoxy) is 2. The summed E-state index contributed by atoms with van der Waals surface area (Å²) in [5, 5.41) is 2.74. The number of benzene rings is 1. The maximum Gasteiger partial charge on any atom is 0.414 e. The highest BCUT2D eigenvalue weighted by Gasteiger charge is 2.27. The van der Waals surface area contributed by atoms with Crippen molar-refractivity contribution < 1.29 is 23.5 Å². The fourth-order valence-corrected chi connectivity index (χ4v) is 3.84. The highest BCUT2D eigenvalue weighted by molar-refractivity contribution is 5.88. The molecule has 0 unspecified atom stereocenters. The van der Waals surface area contributed by atoms with Gasteiger partial charge in [-0.05, 0) is 78.2 Å². The van der Waals surface area contributed by atoms with Gasteiger partial charge in [-0.2, -0.15) is 0 Å². The van der Waals surface area contributed by atoms with Crippen LogP contribution in [-0.2, 0) is 9.47 Å². The van der Waals surface area contributed by atoms with Gasteiger partial charge in [-0.1, -0.05) is 12.8 Å². The van der Waals surface area contributed by atoms with Gasteiger partial charge in [0.25, 0.3) is 0 Å². The molecule has 1 aliphatic rings. The lowest BCUT2D eigenvalue weighted by Crippen LogP contribution is -2.50. The molecule has 0 N–H and O–H groups in total. The molecule has 1 saturated heterocycles. The van der Waals surface area contributed by atoms with E-state index < -0.39 is 23.1 Å². The molecule has 0 aliphatic carbocycles. The zero-order valence-corrected chi connectivity index (χ0v) is 22.5.